The number of carbonyl (C=O) groups is 2. The molecule has 0 rings (SSSR count). The number of aliphatic carboxylic acids is 1. The Morgan fingerprint density at radius 3 is 2.27 bits per heavy atom. The predicted molar refractivity (Wildman–Crippen MR) is 57.3 cm³/mol. The van der Waals surface area contributed by atoms with Gasteiger partial charge in [-0.1, -0.05) is 20.3 Å². The van der Waals surface area contributed by atoms with Crippen LogP contribution in [0.25, 0.3) is 0 Å². The van der Waals surface area contributed by atoms with E-state index in [-0.39, 0.29) is 24.3 Å². The first kappa shape index (κ1) is 13.9. The Kier molecular flexibility index (Phi) is 5.93. The monoisotopic (exact) mass is 216 g/mol. The van der Waals surface area contributed by atoms with Gasteiger partial charge in [-0.2, -0.15) is 0 Å². The smallest absolute Gasteiger partial charge is 0.326 e. The van der Waals surface area contributed by atoms with Crippen LogP contribution in [-0.4, -0.2) is 29.1 Å². The van der Waals surface area contributed by atoms with Crippen LogP contribution >= 0.6 is 0 Å². The summed E-state index contributed by atoms with van der Waals surface area (Å²) in [5.74, 6) is -1.39. The molecule has 0 aromatic rings. The van der Waals surface area contributed by atoms with Crippen molar-refractivity contribution < 1.29 is 14.7 Å². The van der Waals surface area contributed by atoms with E-state index < -0.39 is 12.0 Å². The maximum absolute atomic E-state index is 11.3. The Morgan fingerprint density at radius 1 is 1.40 bits per heavy atom. The van der Waals surface area contributed by atoms with Gasteiger partial charge in [-0.3, -0.25) is 4.79 Å². The first-order chi connectivity index (χ1) is 6.88. The van der Waals surface area contributed by atoms with Crippen LogP contribution in [0, 0.1) is 5.92 Å². The molecule has 0 aliphatic carbocycles. The van der Waals surface area contributed by atoms with Crippen LogP contribution in [-0.2, 0) is 9.59 Å². The zero-order valence-electron chi connectivity index (χ0n) is 9.49. The summed E-state index contributed by atoms with van der Waals surface area (Å²) in [5, 5.41) is 11.4. The average molecular weight is 216 g/mol. The van der Waals surface area contributed by atoms with Gasteiger partial charge in [-0.05, 0) is 12.8 Å². The van der Waals surface area contributed by atoms with Gasteiger partial charge in [-0.25, -0.2) is 4.79 Å². The molecule has 0 saturated carbocycles. The fourth-order valence-electron chi connectivity index (χ4n) is 1.21. The molecule has 0 bridgehead atoms. The average Bonchev–Trinajstić information content (AvgIpc) is 2.11. The highest BCUT2D eigenvalue weighted by molar-refractivity contribution is 5.83. The number of hydrogen-bond acceptors (Lipinski definition) is 3. The molecule has 0 aliphatic heterocycles. The summed E-state index contributed by atoms with van der Waals surface area (Å²) < 4.78 is 0. The molecule has 4 N–H and O–H groups in total. The Balaban J connectivity index is 4.29. The summed E-state index contributed by atoms with van der Waals surface area (Å²) >= 11 is 0. The number of carboxylic acid groups (broad SMARTS) is 1. The zero-order chi connectivity index (χ0) is 12.0. The molecule has 1 amide bonds. The zero-order valence-corrected chi connectivity index (χ0v) is 9.49. The summed E-state index contributed by atoms with van der Waals surface area (Å²) in [6.45, 7) is 5.39. The summed E-state index contributed by atoms with van der Waals surface area (Å²) in [5.41, 5.74) is 5.45. The van der Waals surface area contributed by atoms with E-state index in [0.717, 1.165) is 0 Å². The molecule has 5 heteroatoms. The number of carboxylic acids is 1. The van der Waals surface area contributed by atoms with E-state index in [1.54, 1.807) is 13.8 Å². The highest BCUT2D eigenvalue weighted by atomic mass is 16.4. The van der Waals surface area contributed by atoms with Crippen molar-refractivity contribution in [2.24, 2.45) is 11.7 Å². The summed E-state index contributed by atoms with van der Waals surface area (Å²) in [4.78, 5) is 22.2. The fourth-order valence-corrected chi connectivity index (χ4v) is 1.21. The van der Waals surface area contributed by atoms with E-state index in [9.17, 15) is 9.59 Å². The molecule has 0 aliphatic rings. The van der Waals surface area contributed by atoms with E-state index >= 15 is 0 Å². The molecule has 0 heterocycles. The van der Waals surface area contributed by atoms with Gasteiger partial charge in [-0.15, -0.1) is 0 Å². The highest BCUT2D eigenvalue weighted by Crippen LogP contribution is 2.08. The largest absolute Gasteiger partial charge is 0.480 e. The predicted octanol–water partition coefficient (Wildman–Crippen LogP) is 0.339. The number of amides is 1. The van der Waals surface area contributed by atoms with E-state index in [0.29, 0.717) is 6.42 Å². The van der Waals surface area contributed by atoms with Crippen molar-refractivity contribution in [2.75, 3.05) is 0 Å². The molecular weight excluding hydrogens is 196 g/mol. The number of nitrogens with one attached hydrogen (secondary N) is 1. The molecule has 15 heavy (non-hydrogen) atoms. The van der Waals surface area contributed by atoms with Crippen molar-refractivity contribution in [3.8, 4) is 0 Å². The molecule has 0 spiro atoms. The minimum Gasteiger partial charge on any atom is -0.480 e. The van der Waals surface area contributed by atoms with Gasteiger partial charge in [0.05, 0.1) is 0 Å². The Labute approximate surface area is 90.0 Å². The summed E-state index contributed by atoms with van der Waals surface area (Å²) in [7, 11) is 0. The summed E-state index contributed by atoms with van der Waals surface area (Å²) in [6, 6.07) is -1.07. The van der Waals surface area contributed by atoms with Gasteiger partial charge in [0.25, 0.3) is 0 Å². The van der Waals surface area contributed by atoms with Crippen LogP contribution in [0.3, 0.4) is 0 Å². The first-order valence-corrected chi connectivity index (χ1v) is 5.16. The topological polar surface area (TPSA) is 92.4 Å². The van der Waals surface area contributed by atoms with Crippen molar-refractivity contribution >= 4 is 11.9 Å². The normalized spacial score (nSPS) is 16.5. The van der Waals surface area contributed by atoms with E-state index in [1.165, 1.54) is 0 Å². The van der Waals surface area contributed by atoms with Gasteiger partial charge >= 0.3 is 5.97 Å². The minimum absolute atomic E-state index is 0.0838. The maximum atomic E-state index is 11.3. The van der Waals surface area contributed by atoms with E-state index in [4.69, 9.17) is 10.8 Å². The lowest BCUT2D eigenvalue weighted by atomic mass is 9.99. The molecule has 5 nitrogen and oxygen atoms in total. The molecular formula is C10H20N2O3. The van der Waals surface area contributed by atoms with Crippen LogP contribution in [0.2, 0.25) is 0 Å². The second kappa shape index (κ2) is 6.40. The van der Waals surface area contributed by atoms with Crippen LogP contribution in [0.5, 0.6) is 0 Å². The lowest BCUT2D eigenvalue weighted by Gasteiger charge is -2.20. The molecule has 3 atom stereocenters. The van der Waals surface area contributed by atoms with Crippen molar-refractivity contribution in [1.82, 2.24) is 5.32 Å². The van der Waals surface area contributed by atoms with Crippen molar-refractivity contribution in [3.63, 3.8) is 0 Å². The second-order valence-electron chi connectivity index (χ2n) is 3.95. The molecule has 0 aromatic heterocycles. The SMILES string of the molecule is CCC(C)[C@H](NC(=O)CC(C)N)C(=O)O. The third-order valence-corrected chi connectivity index (χ3v) is 2.30. The van der Waals surface area contributed by atoms with E-state index in [2.05, 4.69) is 5.32 Å². The first-order valence-electron chi connectivity index (χ1n) is 5.16. The van der Waals surface area contributed by atoms with Crippen LogP contribution < -0.4 is 11.1 Å². The van der Waals surface area contributed by atoms with E-state index in [1.807, 2.05) is 6.92 Å². The highest BCUT2D eigenvalue weighted by Gasteiger charge is 2.25. The quantitative estimate of drug-likeness (QED) is 0.597. The lowest BCUT2D eigenvalue weighted by Crippen LogP contribution is -2.46. The molecule has 0 saturated heterocycles. The standard InChI is InChI=1S/C10H20N2O3/c1-4-6(2)9(10(14)15)12-8(13)5-7(3)11/h6-7,9H,4-5,11H2,1-3H3,(H,12,13)(H,14,15)/t6?,7?,9-/m0/s1. The van der Waals surface area contributed by atoms with Crippen LogP contribution in [0.4, 0.5) is 0 Å². The van der Waals surface area contributed by atoms with Crippen molar-refractivity contribution in [2.45, 2.75) is 45.7 Å². The maximum Gasteiger partial charge on any atom is 0.326 e. The van der Waals surface area contributed by atoms with Gasteiger partial charge in [0, 0.05) is 12.5 Å². The second-order valence-corrected chi connectivity index (χ2v) is 3.95. The van der Waals surface area contributed by atoms with Crippen molar-refractivity contribution in [3.05, 3.63) is 0 Å². The summed E-state index contributed by atoms with van der Waals surface area (Å²) in [6.07, 6.45) is 0.857. The van der Waals surface area contributed by atoms with Gasteiger partial charge in [0.1, 0.15) is 6.04 Å². The van der Waals surface area contributed by atoms with Gasteiger partial charge < -0.3 is 16.2 Å². The third-order valence-electron chi connectivity index (χ3n) is 2.30. The molecule has 0 fully saturated rings. The number of hydrogen-bond donors (Lipinski definition) is 3. The lowest BCUT2D eigenvalue weighted by molar-refractivity contribution is -0.143. The molecule has 0 aromatic carbocycles. The minimum atomic E-state index is -0.998. The number of rotatable bonds is 6. The van der Waals surface area contributed by atoms with Crippen molar-refractivity contribution in [1.29, 1.82) is 0 Å². The molecule has 0 radical (unpaired) electrons. The molecule has 2 unspecified atom stereocenters. The van der Waals surface area contributed by atoms with Gasteiger partial charge in [0.2, 0.25) is 5.91 Å². The number of carbonyl (C=O) groups excluding carboxylic acids is 1. The molecule has 88 valence electrons. The Bertz CT molecular complexity index is 229. The Morgan fingerprint density at radius 2 is 1.93 bits per heavy atom. The fraction of sp³-hybridized carbons (Fsp3) is 0.800. The van der Waals surface area contributed by atoms with Crippen LogP contribution in [0.15, 0.2) is 0 Å². The Hall–Kier alpha value is -1.10. The van der Waals surface area contributed by atoms with Crippen LogP contribution in [0.1, 0.15) is 33.6 Å². The number of nitrogens with two attached hydrogens (primary N) is 1. The third kappa shape index (κ3) is 5.37. The van der Waals surface area contributed by atoms with Gasteiger partial charge in [0.15, 0.2) is 0 Å².